The fourth-order valence-corrected chi connectivity index (χ4v) is 1.14. The van der Waals surface area contributed by atoms with Crippen LogP contribution < -0.4 is 0 Å². The van der Waals surface area contributed by atoms with Gasteiger partial charge in [0, 0.05) is 17.3 Å². The summed E-state index contributed by atoms with van der Waals surface area (Å²) in [5.74, 6) is 0.805. The molecule has 2 heterocycles. The highest BCUT2D eigenvalue weighted by Crippen LogP contribution is 2.10. The molecule has 0 amide bonds. The molecule has 0 aromatic carbocycles. The van der Waals surface area contributed by atoms with Crippen molar-refractivity contribution in [2.75, 3.05) is 0 Å². The largest absolute Gasteiger partial charge is 0.343 e. The Kier molecular flexibility index (Phi) is 3.01. The van der Waals surface area contributed by atoms with Crippen molar-refractivity contribution in [2.45, 2.75) is 27.7 Å². The van der Waals surface area contributed by atoms with Gasteiger partial charge in [0.1, 0.15) is 11.5 Å². The number of aromatic amines is 1. The molecule has 0 fully saturated rings. The van der Waals surface area contributed by atoms with E-state index in [0.717, 1.165) is 22.6 Å². The standard InChI is InChI=1S/C8H9N3.C2H6/c1-5-3-7-4-9-6(2)11-8(7)10-5;1-2/h3-4H,1-2H3,(H,9,10,11);1-2H3. The van der Waals surface area contributed by atoms with Crippen LogP contribution in [0.3, 0.4) is 0 Å². The number of aromatic nitrogens is 3. The average Bonchev–Trinajstić information content (AvgIpc) is 2.48. The zero-order chi connectivity index (χ0) is 9.84. The Hall–Kier alpha value is -1.38. The topological polar surface area (TPSA) is 41.6 Å². The third-order valence-electron chi connectivity index (χ3n) is 1.63. The predicted octanol–water partition coefficient (Wildman–Crippen LogP) is 2.60. The molecule has 0 bridgehead atoms. The van der Waals surface area contributed by atoms with Gasteiger partial charge in [0.05, 0.1) is 0 Å². The first-order valence-corrected chi connectivity index (χ1v) is 4.55. The minimum absolute atomic E-state index is 0.805. The number of nitrogens with zero attached hydrogens (tertiary/aromatic N) is 2. The molecule has 2 aromatic heterocycles. The van der Waals surface area contributed by atoms with Crippen LogP contribution in [0.2, 0.25) is 0 Å². The van der Waals surface area contributed by atoms with Crippen molar-refractivity contribution >= 4 is 11.0 Å². The number of aryl methyl sites for hydroxylation is 2. The maximum atomic E-state index is 4.23. The van der Waals surface area contributed by atoms with E-state index in [9.17, 15) is 0 Å². The van der Waals surface area contributed by atoms with Crippen LogP contribution in [0.25, 0.3) is 11.0 Å². The van der Waals surface area contributed by atoms with Crippen LogP contribution >= 0.6 is 0 Å². The second-order valence-electron chi connectivity index (χ2n) is 2.67. The second-order valence-corrected chi connectivity index (χ2v) is 2.67. The molecule has 2 rings (SSSR count). The molecule has 0 unspecified atom stereocenters. The van der Waals surface area contributed by atoms with Crippen molar-refractivity contribution < 1.29 is 0 Å². The summed E-state index contributed by atoms with van der Waals surface area (Å²) in [4.78, 5) is 11.5. The van der Waals surface area contributed by atoms with E-state index < -0.39 is 0 Å². The van der Waals surface area contributed by atoms with E-state index in [1.54, 1.807) is 0 Å². The van der Waals surface area contributed by atoms with Gasteiger partial charge in [0.2, 0.25) is 0 Å². The Labute approximate surface area is 78.2 Å². The maximum absolute atomic E-state index is 4.23. The van der Waals surface area contributed by atoms with E-state index in [4.69, 9.17) is 0 Å². The first-order chi connectivity index (χ1) is 6.25. The van der Waals surface area contributed by atoms with Crippen LogP contribution in [0, 0.1) is 13.8 Å². The number of fused-ring (bicyclic) bond motifs is 1. The summed E-state index contributed by atoms with van der Waals surface area (Å²) in [6, 6.07) is 2.04. The molecule has 3 heteroatoms. The second kappa shape index (κ2) is 4.03. The van der Waals surface area contributed by atoms with E-state index in [-0.39, 0.29) is 0 Å². The Morgan fingerprint density at radius 3 is 2.62 bits per heavy atom. The first-order valence-electron chi connectivity index (χ1n) is 4.55. The van der Waals surface area contributed by atoms with Gasteiger partial charge in [-0.1, -0.05) is 13.8 Å². The Balaban J connectivity index is 0.000000396. The number of nitrogens with one attached hydrogen (secondary N) is 1. The number of hydrogen-bond acceptors (Lipinski definition) is 2. The van der Waals surface area contributed by atoms with Gasteiger partial charge >= 0.3 is 0 Å². The zero-order valence-corrected chi connectivity index (χ0v) is 8.55. The summed E-state index contributed by atoms with van der Waals surface area (Å²) in [5, 5.41) is 1.08. The number of H-pyrrole nitrogens is 1. The van der Waals surface area contributed by atoms with Crippen molar-refractivity contribution in [1.29, 1.82) is 0 Å². The highest BCUT2D eigenvalue weighted by Gasteiger charge is 1.97. The molecule has 70 valence electrons. The van der Waals surface area contributed by atoms with Gasteiger partial charge in [-0.15, -0.1) is 0 Å². The molecule has 0 saturated heterocycles. The highest BCUT2D eigenvalue weighted by atomic mass is 14.9. The summed E-state index contributed by atoms with van der Waals surface area (Å²) < 4.78 is 0. The molecule has 0 aliphatic heterocycles. The molecule has 2 aromatic rings. The minimum atomic E-state index is 0.805. The van der Waals surface area contributed by atoms with E-state index >= 15 is 0 Å². The summed E-state index contributed by atoms with van der Waals surface area (Å²) in [5.41, 5.74) is 2.05. The van der Waals surface area contributed by atoms with Gasteiger partial charge in [-0.2, -0.15) is 0 Å². The maximum Gasteiger partial charge on any atom is 0.141 e. The molecule has 1 N–H and O–H groups in total. The Morgan fingerprint density at radius 1 is 1.23 bits per heavy atom. The van der Waals surface area contributed by atoms with E-state index in [0.29, 0.717) is 0 Å². The van der Waals surface area contributed by atoms with Crippen molar-refractivity contribution in [3.8, 4) is 0 Å². The molecular weight excluding hydrogens is 162 g/mol. The molecule has 3 nitrogen and oxygen atoms in total. The van der Waals surface area contributed by atoms with Crippen molar-refractivity contribution in [2.24, 2.45) is 0 Å². The van der Waals surface area contributed by atoms with Gasteiger partial charge in [0.25, 0.3) is 0 Å². The molecule has 0 aliphatic rings. The lowest BCUT2D eigenvalue weighted by atomic mass is 10.4. The van der Waals surface area contributed by atoms with Crippen molar-refractivity contribution in [1.82, 2.24) is 15.0 Å². The molecule has 0 saturated carbocycles. The van der Waals surface area contributed by atoms with Gasteiger partial charge in [-0.3, -0.25) is 0 Å². The van der Waals surface area contributed by atoms with E-state index in [1.165, 1.54) is 0 Å². The minimum Gasteiger partial charge on any atom is -0.343 e. The van der Waals surface area contributed by atoms with Crippen LogP contribution in [0.5, 0.6) is 0 Å². The third kappa shape index (κ3) is 2.05. The van der Waals surface area contributed by atoms with Gasteiger partial charge in [0.15, 0.2) is 0 Å². The smallest absolute Gasteiger partial charge is 0.141 e. The van der Waals surface area contributed by atoms with Crippen LogP contribution in [-0.4, -0.2) is 15.0 Å². The molecule has 0 atom stereocenters. The van der Waals surface area contributed by atoms with Crippen LogP contribution in [0.4, 0.5) is 0 Å². The van der Waals surface area contributed by atoms with Crippen LogP contribution in [0.1, 0.15) is 25.4 Å². The molecule has 0 spiro atoms. The number of hydrogen-bond donors (Lipinski definition) is 1. The van der Waals surface area contributed by atoms with Gasteiger partial charge in [-0.05, 0) is 19.9 Å². The first kappa shape index (κ1) is 9.71. The van der Waals surface area contributed by atoms with Gasteiger partial charge < -0.3 is 4.98 Å². The van der Waals surface area contributed by atoms with Crippen molar-refractivity contribution in [3.63, 3.8) is 0 Å². The summed E-state index contributed by atoms with van der Waals surface area (Å²) in [6.07, 6.45) is 1.83. The monoisotopic (exact) mass is 177 g/mol. The SMILES string of the molecule is CC.Cc1ncc2cc(C)[nH]c2n1. The van der Waals surface area contributed by atoms with Crippen molar-refractivity contribution in [3.05, 3.63) is 23.8 Å². The number of rotatable bonds is 0. The molecular formula is C10H15N3. The molecule has 0 aliphatic carbocycles. The zero-order valence-electron chi connectivity index (χ0n) is 8.55. The summed E-state index contributed by atoms with van der Waals surface area (Å²) >= 11 is 0. The lowest BCUT2D eigenvalue weighted by molar-refractivity contribution is 1.08. The van der Waals surface area contributed by atoms with Crippen LogP contribution in [-0.2, 0) is 0 Å². The normalized spacial score (nSPS) is 9.54. The fraction of sp³-hybridized carbons (Fsp3) is 0.400. The lowest BCUT2D eigenvalue weighted by Gasteiger charge is -1.89. The summed E-state index contributed by atoms with van der Waals surface area (Å²) in [6.45, 7) is 7.90. The summed E-state index contributed by atoms with van der Waals surface area (Å²) in [7, 11) is 0. The quantitative estimate of drug-likeness (QED) is 0.672. The third-order valence-corrected chi connectivity index (χ3v) is 1.63. The predicted molar refractivity (Wildman–Crippen MR) is 54.7 cm³/mol. The van der Waals surface area contributed by atoms with Crippen LogP contribution in [0.15, 0.2) is 12.3 Å². The highest BCUT2D eigenvalue weighted by molar-refractivity contribution is 5.75. The molecule has 0 radical (unpaired) electrons. The fourth-order valence-electron chi connectivity index (χ4n) is 1.14. The van der Waals surface area contributed by atoms with Gasteiger partial charge in [-0.25, -0.2) is 9.97 Å². The van der Waals surface area contributed by atoms with E-state index in [1.807, 2.05) is 40.0 Å². The lowest BCUT2D eigenvalue weighted by Crippen LogP contribution is -1.85. The van der Waals surface area contributed by atoms with E-state index in [2.05, 4.69) is 15.0 Å². The molecule has 13 heavy (non-hydrogen) atoms. The Bertz CT molecular complexity index is 390. The average molecular weight is 177 g/mol. The Morgan fingerprint density at radius 2 is 1.92 bits per heavy atom.